The zero-order valence-corrected chi connectivity index (χ0v) is 11.6. The molecule has 0 heterocycles. The first kappa shape index (κ1) is 14.7. The number of hydrogen-bond acceptors (Lipinski definition) is 1. The molecule has 2 aromatic rings. The third-order valence-corrected chi connectivity index (χ3v) is 3.26. The Morgan fingerprint density at radius 3 is 2.25 bits per heavy atom. The average molecular weight is 275 g/mol. The van der Waals surface area contributed by atoms with Crippen molar-refractivity contribution in [3.63, 3.8) is 0 Å². The number of nitrogens with one attached hydrogen (secondary N) is 1. The van der Waals surface area contributed by atoms with Crippen LogP contribution in [-0.2, 0) is 12.8 Å². The Morgan fingerprint density at radius 2 is 1.60 bits per heavy atom. The highest BCUT2D eigenvalue weighted by atomic mass is 19.1. The number of likely N-dealkylation sites (N-methyl/N-ethyl adjacent to an activating group) is 1. The third-order valence-electron chi connectivity index (χ3n) is 3.26. The topological polar surface area (TPSA) is 12.0 Å². The van der Waals surface area contributed by atoms with Crippen LogP contribution in [0, 0.1) is 11.6 Å². The summed E-state index contributed by atoms with van der Waals surface area (Å²) < 4.78 is 26.1. The molecule has 0 fully saturated rings. The lowest BCUT2D eigenvalue weighted by Gasteiger charge is -2.18. The molecule has 0 radical (unpaired) electrons. The first-order chi connectivity index (χ1) is 9.67. The molecule has 1 nitrogen and oxygen atoms in total. The van der Waals surface area contributed by atoms with E-state index in [1.807, 2.05) is 13.0 Å². The Hall–Kier alpha value is -1.74. The van der Waals surface area contributed by atoms with Gasteiger partial charge in [0.2, 0.25) is 0 Å². The molecule has 0 aliphatic heterocycles. The second-order valence-corrected chi connectivity index (χ2v) is 4.92. The maximum absolute atomic E-state index is 13.2. The number of halogens is 2. The van der Waals surface area contributed by atoms with Gasteiger partial charge in [0.15, 0.2) is 0 Å². The van der Waals surface area contributed by atoms with Gasteiger partial charge in [0.05, 0.1) is 0 Å². The van der Waals surface area contributed by atoms with Crippen molar-refractivity contribution in [1.29, 1.82) is 0 Å². The summed E-state index contributed by atoms with van der Waals surface area (Å²) in [7, 11) is 0. The van der Waals surface area contributed by atoms with Crippen molar-refractivity contribution < 1.29 is 8.78 Å². The van der Waals surface area contributed by atoms with Gasteiger partial charge in [-0.15, -0.1) is 0 Å². The molecule has 0 bridgehead atoms. The van der Waals surface area contributed by atoms with E-state index < -0.39 is 0 Å². The van der Waals surface area contributed by atoms with Gasteiger partial charge in [-0.05, 0) is 54.8 Å². The second-order valence-electron chi connectivity index (χ2n) is 4.92. The van der Waals surface area contributed by atoms with Crippen LogP contribution in [0.15, 0.2) is 48.5 Å². The molecule has 0 saturated heterocycles. The Morgan fingerprint density at radius 1 is 0.900 bits per heavy atom. The van der Waals surface area contributed by atoms with Crippen LogP contribution in [0.3, 0.4) is 0 Å². The number of rotatable bonds is 6. The molecule has 0 amide bonds. The van der Waals surface area contributed by atoms with Crippen molar-refractivity contribution in [1.82, 2.24) is 5.32 Å². The van der Waals surface area contributed by atoms with Crippen LogP contribution in [0.25, 0.3) is 0 Å². The molecular formula is C17H19F2N. The molecule has 1 unspecified atom stereocenters. The van der Waals surface area contributed by atoms with Crippen molar-refractivity contribution in [2.24, 2.45) is 0 Å². The molecule has 0 aromatic heterocycles. The van der Waals surface area contributed by atoms with Crippen LogP contribution < -0.4 is 5.32 Å². The quantitative estimate of drug-likeness (QED) is 0.847. The van der Waals surface area contributed by atoms with E-state index in [0.717, 1.165) is 30.5 Å². The molecule has 3 heteroatoms. The van der Waals surface area contributed by atoms with Crippen molar-refractivity contribution in [3.05, 3.63) is 71.3 Å². The lowest BCUT2D eigenvalue weighted by molar-refractivity contribution is 0.519. The molecule has 0 aliphatic carbocycles. The van der Waals surface area contributed by atoms with Crippen LogP contribution in [0.2, 0.25) is 0 Å². The summed E-state index contributed by atoms with van der Waals surface area (Å²) in [5, 5.41) is 3.40. The largest absolute Gasteiger partial charge is 0.314 e. The Labute approximate surface area is 118 Å². The minimum atomic E-state index is -0.223. The highest BCUT2D eigenvalue weighted by Gasteiger charge is 2.10. The van der Waals surface area contributed by atoms with E-state index in [0.29, 0.717) is 0 Å². The molecule has 1 atom stereocenters. The monoisotopic (exact) mass is 275 g/mol. The smallest absolute Gasteiger partial charge is 0.123 e. The third kappa shape index (κ3) is 4.42. The molecular weight excluding hydrogens is 256 g/mol. The van der Waals surface area contributed by atoms with E-state index in [-0.39, 0.29) is 17.7 Å². The predicted molar refractivity (Wildman–Crippen MR) is 77.7 cm³/mol. The summed E-state index contributed by atoms with van der Waals surface area (Å²) in [6, 6.07) is 13.4. The lowest BCUT2D eigenvalue weighted by atomic mass is 9.99. The van der Waals surface area contributed by atoms with Gasteiger partial charge < -0.3 is 5.32 Å². The van der Waals surface area contributed by atoms with Gasteiger partial charge in [0, 0.05) is 6.04 Å². The molecule has 2 aromatic carbocycles. The Kier molecular flexibility index (Phi) is 5.24. The van der Waals surface area contributed by atoms with Gasteiger partial charge >= 0.3 is 0 Å². The van der Waals surface area contributed by atoms with Crippen LogP contribution in [0.4, 0.5) is 8.78 Å². The van der Waals surface area contributed by atoms with E-state index in [4.69, 9.17) is 0 Å². The van der Waals surface area contributed by atoms with Crippen LogP contribution >= 0.6 is 0 Å². The van der Waals surface area contributed by atoms with Crippen molar-refractivity contribution in [2.75, 3.05) is 6.54 Å². The van der Waals surface area contributed by atoms with Gasteiger partial charge in [-0.25, -0.2) is 8.78 Å². The maximum atomic E-state index is 13.2. The zero-order chi connectivity index (χ0) is 14.4. The summed E-state index contributed by atoms with van der Waals surface area (Å²) in [6.07, 6.45) is 1.55. The fourth-order valence-corrected chi connectivity index (χ4v) is 2.36. The molecule has 0 saturated carbocycles. The first-order valence-corrected chi connectivity index (χ1v) is 6.89. The predicted octanol–water partition coefficient (Wildman–Crippen LogP) is 3.73. The van der Waals surface area contributed by atoms with E-state index in [2.05, 4.69) is 5.32 Å². The molecule has 106 valence electrons. The van der Waals surface area contributed by atoms with E-state index in [1.165, 1.54) is 18.2 Å². The van der Waals surface area contributed by atoms with E-state index in [9.17, 15) is 8.78 Å². The fourth-order valence-electron chi connectivity index (χ4n) is 2.36. The summed E-state index contributed by atoms with van der Waals surface area (Å²) >= 11 is 0. The SMILES string of the molecule is CCNC(Cc1ccc(F)cc1)Cc1cccc(F)c1. The Balaban J connectivity index is 2.05. The fraction of sp³-hybridized carbons (Fsp3) is 0.294. The van der Waals surface area contributed by atoms with Gasteiger partial charge in [0.25, 0.3) is 0 Å². The maximum Gasteiger partial charge on any atom is 0.123 e. The summed E-state index contributed by atoms with van der Waals surface area (Å²) in [5.74, 6) is -0.432. The summed E-state index contributed by atoms with van der Waals surface area (Å²) in [6.45, 7) is 2.89. The van der Waals surface area contributed by atoms with Crippen molar-refractivity contribution in [3.8, 4) is 0 Å². The minimum Gasteiger partial charge on any atom is -0.314 e. The van der Waals surface area contributed by atoms with Crippen LogP contribution in [0.5, 0.6) is 0 Å². The summed E-state index contributed by atoms with van der Waals surface area (Å²) in [5.41, 5.74) is 2.05. The van der Waals surface area contributed by atoms with Crippen LogP contribution in [-0.4, -0.2) is 12.6 Å². The molecule has 0 aliphatic rings. The van der Waals surface area contributed by atoms with E-state index >= 15 is 0 Å². The first-order valence-electron chi connectivity index (χ1n) is 6.89. The summed E-state index contributed by atoms with van der Waals surface area (Å²) in [4.78, 5) is 0. The highest BCUT2D eigenvalue weighted by molar-refractivity contribution is 5.20. The average Bonchev–Trinajstić information content (AvgIpc) is 2.42. The normalized spacial score (nSPS) is 12.3. The molecule has 2 rings (SSSR count). The lowest BCUT2D eigenvalue weighted by Crippen LogP contribution is -2.33. The van der Waals surface area contributed by atoms with E-state index in [1.54, 1.807) is 24.3 Å². The number of benzene rings is 2. The van der Waals surface area contributed by atoms with Gasteiger partial charge in [0.1, 0.15) is 11.6 Å². The molecule has 20 heavy (non-hydrogen) atoms. The van der Waals surface area contributed by atoms with Crippen LogP contribution in [0.1, 0.15) is 18.1 Å². The molecule has 1 N–H and O–H groups in total. The standard InChI is InChI=1S/C17H19F2N/c1-2-20-17(11-13-6-8-15(18)9-7-13)12-14-4-3-5-16(19)10-14/h3-10,17,20H,2,11-12H2,1H3. The molecule has 0 spiro atoms. The van der Waals surface area contributed by atoms with Crippen molar-refractivity contribution >= 4 is 0 Å². The van der Waals surface area contributed by atoms with Gasteiger partial charge in [-0.3, -0.25) is 0 Å². The highest BCUT2D eigenvalue weighted by Crippen LogP contribution is 2.11. The number of hydrogen-bond donors (Lipinski definition) is 1. The van der Waals surface area contributed by atoms with Crippen molar-refractivity contribution in [2.45, 2.75) is 25.8 Å². The zero-order valence-electron chi connectivity index (χ0n) is 11.6. The second kappa shape index (κ2) is 7.15. The minimum absolute atomic E-state index is 0.209. The Bertz CT molecular complexity index is 537. The van der Waals surface area contributed by atoms with Gasteiger partial charge in [-0.2, -0.15) is 0 Å². The van der Waals surface area contributed by atoms with Gasteiger partial charge in [-0.1, -0.05) is 31.2 Å².